The third-order valence-electron chi connectivity index (χ3n) is 5.41. The summed E-state index contributed by atoms with van der Waals surface area (Å²) in [6.45, 7) is 14.7. The summed E-state index contributed by atoms with van der Waals surface area (Å²) in [5.74, 6) is 1.02. The van der Waals surface area contributed by atoms with E-state index in [1.165, 1.54) is 5.56 Å². The first kappa shape index (κ1) is 15.9. The van der Waals surface area contributed by atoms with Crippen molar-refractivity contribution >= 4 is 12.6 Å². The first-order valence-electron chi connectivity index (χ1n) is 8.19. The zero-order chi connectivity index (χ0) is 16.3. The zero-order valence-corrected chi connectivity index (χ0v) is 14.9. The number of ether oxygens (including phenoxy) is 1. The topological polar surface area (TPSA) is 27.7 Å². The molecule has 2 aliphatic rings. The molecule has 0 unspecified atom stereocenters. The van der Waals surface area contributed by atoms with Crippen molar-refractivity contribution in [1.29, 1.82) is 0 Å². The molecule has 1 fully saturated rings. The van der Waals surface area contributed by atoms with E-state index >= 15 is 0 Å². The lowest BCUT2D eigenvalue weighted by molar-refractivity contribution is 0.00578. The Balaban J connectivity index is 1.98. The molecule has 0 atom stereocenters. The highest BCUT2D eigenvalue weighted by Gasteiger charge is 2.52. The minimum absolute atomic E-state index is 0.105. The first-order chi connectivity index (χ1) is 10.0. The number of aryl methyl sites for hydroxylation is 1. The van der Waals surface area contributed by atoms with Crippen LogP contribution in [0.5, 0.6) is 5.75 Å². The van der Waals surface area contributed by atoms with Crippen molar-refractivity contribution < 1.29 is 14.0 Å². The van der Waals surface area contributed by atoms with E-state index in [0.29, 0.717) is 0 Å². The summed E-state index contributed by atoms with van der Waals surface area (Å²) in [6.07, 6.45) is 2.11. The Kier molecular flexibility index (Phi) is 3.43. The van der Waals surface area contributed by atoms with Crippen LogP contribution >= 0.6 is 0 Å². The lowest BCUT2D eigenvalue weighted by Gasteiger charge is -2.34. The summed E-state index contributed by atoms with van der Waals surface area (Å²) in [7, 11) is -0.330. The monoisotopic (exact) mass is 302 g/mol. The Labute approximate surface area is 134 Å². The van der Waals surface area contributed by atoms with Gasteiger partial charge in [-0.05, 0) is 77.9 Å². The van der Waals surface area contributed by atoms with Crippen molar-refractivity contribution in [1.82, 2.24) is 0 Å². The van der Waals surface area contributed by atoms with Crippen molar-refractivity contribution in [2.45, 2.75) is 78.1 Å². The van der Waals surface area contributed by atoms with Gasteiger partial charge in [0.1, 0.15) is 11.4 Å². The minimum Gasteiger partial charge on any atom is -0.487 e. The van der Waals surface area contributed by atoms with Crippen LogP contribution in [0.25, 0.3) is 0 Å². The van der Waals surface area contributed by atoms with Gasteiger partial charge in [0.25, 0.3) is 0 Å². The van der Waals surface area contributed by atoms with Gasteiger partial charge < -0.3 is 14.0 Å². The van der Waals surface area contributed by atoms with Gasteiger partial charge in [-0.2, -0.15) is 0 Å². The second kappa shape index (κ2) is 4.75. The highest BCUT2D eigenvalue weighted by Crippen LogP contribution is 2.39. The summed E-state index contributed by atoms with van der Waals surface area (Å²) in [4.78, 5) is 0. The Morgan fingerprint density at radius 1 is 0.955 bits per heavy atom. The maximum atomic E-state index is 6.24. The largest absolute Gasteiger partial charge is 0.495 e. The second-order valence-electron chi connectivity index (χ2n) is 8.22. The van der Waals surface area contributed by atoms with Crippen LogP contribution in [-0.4, -0.2) is 23.9 Å². The van der Waals surface area contributed by atoms with Gasteiger partial charge in [0.15, 0.2) is 0 Å². The fourth-order valence-electron chi connectivity index (χ4n) is 3.09. The lowest BCUT2D eigenvalue weighted by Crippen LogP contribution is -2.41. The van der Waals surface area contributed by atoms with Crippen molar-refractivity contribution in [3.05, 3.63) is 23.3 Å². The predicted molar refractivity (Wildman–Crippen MR) is 89.9 cm³/mol. The molecule has 0 radical (unpaired) electrons. The Hall–Kier alpha value is -0.995. The van der Waals surface area contributed by atoms with E-state index in [4.69, 9.17) is 14.0 Å². The fourth-order valence-corrected chi connectivity index (χ4v) is 3.09. The molecule has 4 heteroatoms. The zero-order valence-electron chi connectivity index (χ0n) is 14.9. The van der Waals surface area contributed by atoms with Gasteiger partial charge >= 0.3 is 7.12 Å². The maximum absolute atomic E-state index is 6.24. The van der Waals surface area contributed by atoms with Crippen LogP contribution in [0, 0.1) is 6.92 Å². The highest BCUT2D eigenvalue weighted by molar-refractivity contribution is 6.62. The van der Waals surface area contributed by atoms with Crippen molar-refractivity contribution in [3.8, 4) is 5.75 Å². The smallest absolute Gasteiger partial charge is 0.487 e. The molecule has 0 N–H and O–H groups in total. The van der Waals surface area contributed by atoms with Gasteiger partial charge in [-0.25, -0.2) is 0 Å². The molecule has 0 saturated carbocycles. The molecule has 1 saturated heterocycles. The van der Waals surface area contributed by atoms with E-state index < -0.39 is 0 Å². The molecule has 0 bridgehead atoms. The summed E-state index contributed by atoms with van der Waals surface area (Å²) >= 11 is 0. The molecule has 1 aromatic rings. The fraction of sp³-hybridized carbons (Fsp3) is 0.667. The third-order valence-corrected chi connectivity index (χ3v) is 5.41. The van der Waals surface area contributed by atoms with Crippen LogP contribution in [0.1, 0.15) is 59.1 Å². The Morgan fingerprint density at radius 2 is 1.55 bits per heavy atom. The molecule has 3 rings (SSSR count). The maximum Gasteiger partial charge on any atom is 0.495 e. The Bertz CT molecular complexity index is 589. The molecule has 0 aromatic heterocycles. The van der Waals surface area contributed by atoms with Crippen LogP contribution in [0.4, 0.5) is 0 Å². The van der Waals surface area contributed by atoms with Gasteiger partial charge in [-0.1, -0.05) is 12.1 Å². The molecule has 3 nitrogen and oxygen atoms in total. The summed E-state index contributed by atoms with van der Waals surface area (Å²) < 4.78 is 18.6. The van der Waals surface area contributed by atoms with E-state index in [1.54, 1.807) is 0 Å². The van der Waals surface area contributed by atoms with E-state index in [-0.39, 0.29) is 23.9 Å². The molecular weight excluding hydrogens is 275 g/mol. The van der Waals surface area contributed by atoms with Gasteiger partial charge in [-0.3, -0.25) is 0 Å². The molecule has 2 aliphatic heterocycles. The van der Waals surface area contributed by atoms with Gasteiger partial charge in [0.05, 0.1) is 11.2 Å². The van der Waals surface area contributed by atoms with E-state index in [1.807, 2.05) is 0 Å². The van der Waals surface area contributed by atoms with Crippen LogP contribution in [0.2, 0.25) is 0 Å². The summed E-state index contributed by atoms with van der Waals surface area (Å²) in [5.41, 5.74) is 2.77. The molecule has 0 amide bonds. The second-order valence-corrected chi connectivity index (χ2v) is 8.22. The average Bonchev–Trinajstić information content (AvgIpc) is 2.59. The third kappa shape index (κ3) is 2.46. The molecule has 22 heavy (non-hydrogen) atoms. The van der Waals surface area contributed by atoms with E-state index in [9.17, 15) is 0 Å². The van der Waals surface area contributed by atoms with Gasteiger partial charge in [0.2, 0.25) is 0 Å². The van der Waals surface area contributed by atoms with Gasteiger partial charge in [-0.15, -0.1) is 0 Å². The Morgan fingerprint density at radius 3 is 2.14 bits per heavy atom. The van der Waals surface area contributed by atoms with Crippen molar-refractivity contribution in [2.24, 2.45) is 0 Å². The number of fused-ring (bicyclic) bond motifs is 1. The van der Waals surface area contributed by atoms with Crippen LogP contribution < -0.4 is 10.2 Å². The van der Waals surface area contributed by atoms with Crippen LogP contribution in [0.15, 0.2) is 12.1 Å². The molecule has 1 aromatic carbocycles. The summed E-state index contributed by atoms with van der Waals surface area (Å²) in [6, 6.07) is 4.30. The van der Waals surface area contributed by atoms with Crippen molar-refractivity contribution in [2.75, 3.05) is 0 Å². The van der Waals surface area contributed by atoms with Crippen LogP contribution in [0.3, 0.4) is 0 Å². The predicted octanol–water partition coefficient (Wildman–Crippen LogP) is 3.40. The highest BCUT2D eigenvalue weighted by atomic mass is 16.7. The summed E-state index contributed by atoms with van der Waals surface area (Å²) in [5, 5.41) is 0. The van der Waals surface area contributed by atoms with Crippen LogP contribution in [-0.2, 0) is 15.7 Å². The van der Waals surface area contributed by atoms with E-state index in [2.05, 4.69) is 60.6 Å². The SMILES string of the molecule is Cc1c(B2OC(C)(C)C(C)(C)O2)ccc2c1OC(C)(C)CC2. The molecule has 2 heterocycles. The number of rotatable bonds is 1. The number of hydrogen-bond acceptors (Lipinski definition) is 3. The quantitative estimate of drug-likeness (QED) is 0.744. The standard InChI is InChI=1S/C18H27BO3/c1-12-14(19-21-17(4,5)18(6,7)22-19)9-8-13-10-11-16(2,3)20-15(12)13/h8-9H,10-11H2,1-7H3. The minimum atomic E-state index is -0.330. The lowest BCUT2D eigenvalue weighted by atomic mass is 9.74. The number of hydrogen-bond donors (Lipinski definition) is 0. The average molecular weight is 302 g/mol. The van der Waals surface area contributed by atoms with Gasteiger partial charge in [0, 0.05) is 0 Å². The first-order valence-corrected chi connectivity index (χ1v) is 8.19. The molecule has 0 aliphatic carbocycles. The van der Waals surface area contributed by atoms with E-state index in [0.717, 1.165) is 29.6 Å². The number of benzene rings is 1. The molecule has 120 valence electrons. The van der Waals surface area contributed by atoms with Crippen molar-refractivity contribution in [3.63, 3.8) is 0 Å². The molecular formula is C18H27BO3. The normalized spacial score (nSPS) is 24.8. The molecule has 0 spiro atoms.